The lowest BCUT2D eigenvalue weighted by atomic mass is 9.90. The largest absolute Gasteiger partial charge is 0.317 e. The van der Waals surface area contributed by atoms with E-state index in [-0.39, 0.29) is 0 Å². The predicted molar refractivity (Wildman–Crippen MR) is 72.7 cm³/mol. The lowest BCUT2D eigenvalue weighted by Crippen LogP contribution is -2.39. The smallest absolute Gasteiger partial charge is 0.165 e. The molecule has 1 aromatic heterocycles. The van der Waals surface area contributed by atoms with Gasteiger partial charge in [0, 0.05) is 12.1 Å². The van der Waals surface area contributed by atoms with Crippen LogP contribution in [0.3, 0.4) is 0 Å². The van der Waals surface area contributed by atoms with E-state index in [4.69, 9.17) is 0 Å². The Balaban J connectivity index is 1.56. The average molecular weight is 264 g/mol. The second-order valence-electron chi connectivity index (χ2n) is 5.98. The fraction of sp³-hybridized carbons (Fsp3) is 0.923. The zero-order valence-electron chi connectivity index (χ0n) is 11.9. The molecule has 0 radical (unpaired) electrons. The second-order valence-corrected chi connectivity index (χ2v) is 5.98. The topological polar surface area (TPSA) is 58.9 Å². The average Bonchev–Trinajstić information content (AvgIpc) is 3.19. The Labute approximate surface area is 114 Å². The highest BCUT2D eigenvalue weighted by atomic mass is 15.6. The number of rotatable bonds is 5. The Hall–Kier alpha value is -1.01. The highest BCUT2D eigenvalue weighted by Crippen LogP contribution is 2.34. The van der Waals surface area contributed by atoms with Gasteiger partial charge >= 0.3 is 0 Å². The number of tetrazole rings is 1. The van der Waals surface area contributed by atoms with Gasteiger partial charge in [-0.3, -0.25) is 4.90 Å². The van der Waals surface area contributed by atoms with Crippen molar-refractivity contribution in [2.75, 3.05) is 14.1 Å². The SMILES string of the molecule is CNC1CCC(N(C)Cc2nnnn2C2CC2)CC1. The molecule has 1 N–H and O–H groups in total. The molecule has 2 fully saturated rings. The summed E-state index contributed by atoms with van der Waals surface area (Å²) in [6, 6.07) is 1.95. The summed E-state index contributed by atoms with van der Waals surface area (Å²) < 4.78 is 2.02. The molecular formula is C13H24N6. The first-order valence-electron chi connectivity index (χ1n) is 7.42. The van der Waals surface area contributed by atoms with Gasteiger partial charge in [-0.05, 0) is 63.0 Å². The van der Waals surface area contributed by atoms with Crippen LogP contribution in [0.5, 0.6) is 0 Å². The van der Waals surface area contributed by atoms with Gasteiger partial charge in [0.2, 0.25) is 0 Å². The third kappa shape index (κ3) is 2.95. The Morgan fingerprint density at radius 2 is 1.95 bits per heavy atom. The van der Waals surface area contributed by atoms with Crippen molar-refractivity contribution in [3.05, 3.63) is 5.82 Å². The first-order valence-corrected chi connectivity index (χ1v) is 7.42. The molecule has 106 valence electrons. The molecule has 0 atom stereocenters. The molecule has 0 unspecified atom stereocenters. The van der Waals surface area contributed by atoms with Crippen molar-refractivity contribution in [3.63, 3.8) is 0 Å². The van der Waals surface area contributed by atoms with E-state index in [2.05, 4.69) is 39.8 Å². The molecule has 3 rings (SSSR count). The Bertz CT molecular complexity index is 405. The minimum Gasteiger partial charge on any atom is -0.317 e. The number of nitrogens with zero attached hydrogens (tertiary/aromatic N) is 5. The minimum absolute atomic E-state index is 0.568. The van der Waals surface area contributed by atoms with E-state index in [1.807, 2.05) is 4.68 Å². The van der Waals surface area contributed by atoms with E-state index in [1.54, 1.807) is 0 Å². The van der Waals surface area contributed by atoms with Gasteiger partial charge < -0.3 is 5.32 Å². The molecule has 6 nitrogen and oxygen atoms in total. The number of hydrogen-bond donors (Lipinski definition) is 1. The van der Waals surface area contributed by atoms with Crippen LogP contribution in [0.2, 0.25) is 0 Å². The van der Waals surface area contributed by atoms with E-state index in [0.29, 0.717) is 18.1 Å². The van der Waals surface area contributed by atoms with E-state index in [1.165, 1.54) is 38.5 Å². The van der Waals surface area contributed by atoms with E-state index >= 15 is 0 Å². The van der Waals surface area contributed by atoms with Crippen molar-refractivity contribution in [3.8, 4) is 0 Å². The van der Waals surface area contributed by atoms with Gasteiger partial charge in [-0.15, -0.1) is 5.10 Å². The summed E-state index contributed by atoms with van der Waals surface area (Å²) >= 11 is 0. The minimum atomic E-state index is 0.568. The van der Waals surface area contributed by atoms with Crippen LogP contribution in [0.25, 0.3) is 0 Å². The van der Waals surface area contributed by atoms with Gasteiger partial charge in [-0.2, -0.15) is 0 Å². The maximum absolute atomic E-state index is 4.19. The van der Waals surface area contributed by atoms with E-state index in [9.17, 15) is 0 Å². The van der Waals surface area contributed by atoms with Gasteiger partial charge in [-0.25, -0.2) is 4.68 Å². The molecular weight excluding hydrogens is 240 g/mol. The fourth-order valence-corrected chi connectivity index (χ4v) is 3.08. The predicted octanol–water partition coefficient (Wildman–Crippen LogP) is 0.970. The molecule has 1 heterocycles. The zero-order valence-corrected chi connectivity index (χ0v) is 11.9. The van der Waals surface area contributed by atoms with Gasteiger partial charge in [0.15, 0.2) is 5.82 Å². The molecule has 1 aromatic rings. The summed E-state index contributed by atoms with van der Waals surface area (Å²) in [5, 5.41) is 15.5. The number of aromatic nitrogens is 4. The molecule has 2 aliphatic rings. The van der Waals surface area contributed by atoms with E-state index in [0.717, 1.165) is 12.4 Å². The van der Waals surface area contributed by atoms with Crippen LogP contribution in [0.1, 0.15) is 50.4 Å². The van der Waals surface area contributed by atoms with Crippen molar-refractivity contribution in [2.45, 2.75) is 63.2 Å². The van der Waals surface area contributed by atoms with Gasteiger partial charge in [0.05, 0.1) is 12.6 Å². The Morgan fingerprint density at radius 3 is 2.58 bits per heavy atom. The zero-order chi connectivity index (χ0) is 13.2. The summed E-state index contributed by atoms with van der Waals surface area (Å²) in [7, 11) is 4.27. The highest BCUT2D eigenvalue weighted by Gasteiger charge is 2.29. The maximum atomic E-state index is 4.19. The summed E-state index contributed by atoms with van der Waals surface area (Å²) in [4.78, 5) is 2.43. The van der Waals surface area contributed by atoms with Gasteiger partial charge in [0.1, 0.15) is 0 Å². The fourth-order valence-electron chi connectivity index (χ4n) is 3.08. The third-order valence-electron chi connectivity index (χ3n) is 4.57. The summed E-state index contributed by atoms with van der Waals surface area (Å²) in [5.41, 5.74) is 0. The summed E-state index contributed by atoms with van der Waals surface area (Å²) in [6.45, 7) is 0.873. The monoisotopic (exact) mass is 264 g/mol. The molecule has 6 heteroatoms. The molecule has 2 aliphatic carbocycles. The molecule has 2 saturated carbocycles. The molecule has 0 aliphatic heterocycles. The van der Waals surface area contributed by atoms with Crippen molar-refractivity contribution in [1.82, 2.24) is 30.4 Å². The Morgan fingerprint density at radius 1 is 1.21 bits per heavy atom. The first-order chi connectivity index (χ1) is 9.28. The van der Waals surface area contributed by atoms with Crippen LogP contribution in [0.4, 0.5) is 0 Å². The van der Waals surface area contributed by atoms with Crippen molar-refractivity contribution < 1.29 is 0 Å². The first kappa shape index (κ1) is 13.0. The summed E-state index contributed by atoms with van der Waals surface area (Å²) in [5.74, 6) is 1.03. The van der Waals surface area contributed by atoms with Crippen molar-refractivity contribution >= 4 is 0 Å². The summed E-state index contributed by atoms with van der Waals surface area (Å²) in [6.07, 6.45) is 7.56. The highest BCUT2D eigenvalue weighted by molar-refractivity contribution is 4.91. The number of nitrogens with one attached hydrogen (secondary N) is 1. The number of hydrogen-bond acceptors (Lipinski definition) is 5. The molecule has 0 saturated heterocycles. The van der Waals surface area contributed by atoms with Crippen LogP contribution in [0.15, 0.2) is 0 Å². The van der Waals surface area contributed by atoms with Gasteiger partial charge in [-0.1, -0.05) is 0 Å². The molecule has 0 bridgehead atoms. The molecule has 19 heavy (non-hydrogen) atoms. The quantitative estimate of drug-likeness (QED) is 0.859. The second kappa shape index (κ2) is 5.54. The van der Waals surface area contributed by atoms with Gasteiger partial charge in [0.25, 0.3) is 0 Å². The van der Waals surface area contributed by atoms with Crippen molar-refractivity contribution in [2.24, 2.45) is 0 Å². The Kier molecular flexibility index (Phi) is 3.79. The van der Waals surface area contributed by atoms with Crippen LogP contribution in [-0.4, -0.2) is 51.3 Å². The molecule has 0 amide bonds. The van der Waals surface area contributed by atoms with E-state index < -0.39 is 0 Å². The van der Waals surface area contributed by atoms with Crippen LogP contribution < -0.4 is 5.32 Å². The van der Waals surface area contributed by atoms with Crippen LogP contribution in [-0.2, 0) is 6.54 Å². The van der Waals surface area contributed by atoms with Crippen molar-refractivity contribution in [1.29, 1.82) is 0 Å². The lowest BCUT2D eigenvalue weighted by molar-refractivity contribution is 0.164. The maximum Gasteiger partial charge on any atom is 0.165 e. The van der Waals surface area contributed by atoms with Crippen LogP contribution >= 0.6 is 0 Å². The van der Waals surface area contributed by atoms with Crippen LogP contribution in [0, 0.1) is 0 Å². The standard InChI is InChI=1S/C13H24N6/c1-14-10-3-5-11(6-4-10)18(2)9-13-15-16-17-19(13)12-7-8-12/h10-12,14H,3-9H2,1-2H3. The molecule has 0 spiro atoms. The third-order valence-corrected chi connectivity index (χ3v) is 4.57. The molecule has 0 aromatic carbocycles. The lowest BCUT2D eigenvalue weighted by Gasteiger charge is -2.34. The normalized spacial score (nSPS) is 27.9.